The molecule has 92 valence electrons. The summed E-state index contributed by atoms with van der Waals surface area (Å²) in [6, 6.07) is -0.317. The van der Waals surface area contributed by atoms with Gasteiger partial charge in [0.15, 0.2) is 5.84 Å². The number of carbonyl (C=O) groups is 1. The smallest absolute Gasteiger partial charge is 0.273 e. The summed E-state index contributed by atoms with van der Waals surface area (Å²) in [6.07, 6.45) is 2.64. The van der Waals surface area contributed by atoms with Crippen LogP contribution in [0.15, 0.2) is 16.0 Å². The van der Waals surface area contributed by atoms with E-state index in [9.17, 15) is 4.79 Å². The number of hydrogen-bond donors (Lipinski definition) is 2. The van der Waals surface area contributed by atoms with Gasteiger partial charge in [-0.25, -0.2) is 4.98 Å². The normalized spacial score (nSPS) is 21.5. The van der Waals surface area contributed by atoms with Gasteiger partial charge >= 0.3 is 0 Å². The van der Waals surface area contributed by atoms with Crippen LogP contribution >= 0.6 is 11.3 Å². The van der Waals surface area contributed by atoms with Gasteiger partial charge in [0.05, 0.1) is 11.6 Å². The van der Waals surface area contributed by atoms with Gasteiger partial charge in [-0.15, -0.1) is 11.3 Å². The number of nitrogens with zero attached hydrogens (tertiary/aromatic N) is 3. The SMILES string of the molecule is NC(=NO)C1CCCCN1C(=O)c1cscn1. The van der Waals surface area contributed by atoms with Crippen molar-refractivity contribution in [2.24, 2.45) is 10.9 Å². The third kappa shape index (κ3) is 2.38. The summed E-state index contributed by atoms with van der Waals surface area (Å²) in [5.74, 6) is -0.0594. The van der Waals surface area contributed by atoms with Crippen LogP contribution in [-0.4, -0.2) is 39.4 Å². The van der Waals surface area contributed by atoms with Crippen molar-refractivity contribution >= 4 is 23.1 Å². The summed E-state index contributed by atoms with van der Waals surface area (Å²) in [7, 11) is 0. The molecule has 0 aliphatic carbocycles. The number of aromatic nitrogens is 1. The van der Waals surface area contributed by atoms with Gasteiger partial charge in [-0.2, -0.15) is 0 Å². The number of amidine groups is 1. The van der Waals surface area contributed by atoms with Crippen molar-refractivity contribution in [3.05, 3.63) is 16.6 Å². The minimum atomic E-state index is -0.317. The minimum absolute atomic E-state index is 0.0910. The van der Waals surface area contributed by atoms with E-state index in [0.717, 1.165) is 19.3 Å². The van der Waals surface area contributed by atoms with E-state index in [4.69, 9.17) is 10.9 Å². The average Bonchev–Trinajstić information content (AvgIpc) is 2.91. The Kier molecular flexibility index (Phi) is 3.58. The van der Waals surface area contributed by atoms with Crippen LogP contribution in [0.2, 0.25) is 0 Å². The predicted molar refractivity (Wildman–Crippen MR) is 64.2 cm³/mol. The maximum Gasteiger partial charge on any atom is 0.273 e. The van der Waals surface area contributed by atoms with Crippen LogP contribution in [0.1, 0.15) is 29.8 Å². The molecule has 17 heavy (non-hydrogen) atoms. The van der Waals surface area contributed by atoms with E-state index in [0.29, 0.717) is 12.2 Å². The fourth-order valence-corrected chi connectivity index (χ4v) is 2.54. The van der Waals surface area contributed by atoms with Crippen LogP contribution in [0.4, 0.5) is 0 Å². The Labute approximate surface area is 103 Å². The van der Waals surface area contributed by atoms with Crippen LogP contribution in [0, 0.1) is 0 Å². The molecule has 1 aliphatic heterocycles. The van der Waals surface area contributed by atoms with Crippen LogP contribution < -0.4 is 5.73 Å². The largest absolute Gasteiger partial charge is 0.409 e. The number of rotatable bonds is 2. The second-order valence-electron chi connectivity index (χ2n) is 3.91. The number of likely N-dealkylation sites (tertiary alicyclic amines) is 1. The highest BCUT2D eigenvalue weighted by Crippen LogP contribution is 2.19. The van der Waals surface area contributed by atoms with Crippen LogP contribution in [0.3, 0.4) is 0 Å². The molecule has 0 bridgehead atoms. The topological polar surface area (TPSA) is 91.8 Å². The number of piperidine rings is 1. The molecule has 2 rings (SSSR count). The first-order chi connectivity index (χ1) is 8.24. The second kappa shape index (κ2) is 5.13. The molecule has 1 amide bonds. The third-order valence-corrected chi connectivity index (χ3v) is 3.46. The fourth-order valence-electron chi connectivity index (χ4n) is 2.01. The lowest BCUT2D eigenvalue weighted by molar-refractivity contribution is 0.0671. The Morgan fingerprint density at radius 1 is 1.65 bits per heavy atom. The molecule has 6 nitrogen and oxygen atoms in total. The standard InChI is InChI=1S/C10H14N4O2S/c11-9(13-16)8-3-1-2-4-14(8)10(15)7-5-17-6-12-7/h5-6,8,16H,1-4H2,(H2,11,13). The van der Waals surface area contributed by atoms with E-state index < -0.39 is 0 Å². The van der Waals surface area contributed by atoms with Crippen molar-refractivity contribution in [1.29, 1.82) is 0 Å². The molecule has 7 heteroatoms. The zero-order chi connectivity index (χ0) is 12.3. The molecule has 1 fully saturated rings. The summed E-state index contributed by atoms with van der Waals surface area (Å²) in [5.41, 5.74) is 7.66. The molecule has 1 unspecified atom stereocenters. The van der Waals surface area contributed by atoms with E-state index in [1.807, 2.05) is 0 Å². The third-order valence-electron chi connectivity index (χ3n) is 2.87. The van der Waals surface area contributed by atoms with E-state index in [-0.39, 0.29) is 17.8 Å². The lowest BCUT2D eigenvalue weighted by atomic mass is 10.0. The maximum atomic E-state index is 12.2. The highest BCUT2D eigenvalue weighted by atomic mass is 32.1. The Bertz CT molecular complexity index is 418. The molecule has 0 radical (unpaired) electrons. The summed E-state index contributed by atoms with van der Waals surface area (Å²) in [6.45, 7) is 0.622. The van der Waals surface area contributed by atoms with Gasteiger partial charge in [0.25, 0.3) is 5.91 Å². The quantitative estimate of drug-likeness (QED) is 0.355. The molecule has 0 spiro atoms. The molecule has 0 saturated carbocycles. The van der Waals surface area contributed by atoms with Crippen molar-refractivity contribution in [2.75, 3.05) is 6.54 Å². The van der Waals surface area contributed by atoms with Gasteiger partial charge in [-0.1, -0.05) is 5.16 Å². The minimum Gasteiger partial charge on any atom is -0.409 e. The number of nitrogens with two attached hydrogens (primary N) is 1. The van der Waals surface area contributed by atoms with Gasteiger partial charge in [-0.05, 0) is 19.3 Å². The zero-order valence-electron chi connectivity index (χ0n) is 9.24. The molecule has 2 heterocycles. The van der Waals surface area contributed by atoms with Gasteiger partial charge in [0.2, 0.25) is 0 Å². The summed E-state index contributed by atoms with van der Waals surface area (Å²) in [4.78, 5) is 17.8. The Morgan fingerprint density at radius 2 is 2.47 bits per heavy atom. The van der Waals surface area contributed by atoms with Crippen molar-refractivity contribution < 1.29 is 10.0 Å². The highest BCUT2D eigenvalue weighted by molar-refractivity contribution is 7.07. The fraction of sp³-hybridized carbons (Fsp3) is 0.500. The molecular weight excluding hydrogens is 240 g/mol. The van der Waals surface area contributed by atoms with Gasteiger partial charge in [0, 0.05) is 11.9 Å². The van der Waals surface area contributed by atoms with E-state index in [1.54, 1.807) is 15.8 Å². The Morgan fingerprint density at radius 3 is 3.12 bits per heavy atom. The van der Waals surface area contributed by atoms with E-state index in [2.05, 4.69) is 10.1 Å². The summed E-state index contributed by atoms with van der Waals surface area (Å²) in [5, 5.41) is 13.4. The van der Waals surface area contributed by atoms with E-state index >= 15 is 0 Å². The van der Waals surface area contributed by atoms with Gasteiger partial charge in [-0.3, -0.25) is 4.79 Å². The summed E-state index contributed by atoms with van der Waals surface area (Å²) >= 11 is 1.38. The van der Waals surface area contributed by atoms with E-state index in [1.165, 1.54) is 11.3 Å². The van der Waals surface area contributed by atoms with Gasteiger partial charge in [0.1, 0.15) is 5.69 Å². The molecule has 1 aromatic rings. The molecule has 3 N–H and O–H groups in total. The van der Waals surface area contributed by atoms with Crippen molar-refractivity contribution in [3.8, 4) is 0 Å². The number of oxime groups is 1. The first-order valence-electron chi connectivity index (χ1n) is 5.40. The van der Waals surface area contributed by atoms with Crippen molar-refractivity contribution in [2.45, 2.75) is 25.3 Å². The second-order valence-corrected chi connectivity index (χ2v) is 4.63. The van der Waals surface area contributed by atoms with Crippen molar-refractivity contribution in [3.63, 3.8) is 0 Å². The first-order valence-corrected chi connectivity index (χ1v) is 6.35. The van der Waals surface area contributed by atoms with Crippen LogP contribution in [-0.2, 0) is 0 Å². The number of thiazole rings is 1. The molecule has 1 aliphatic rings. The molecule has 1 aromatic heterocycles. The van der Waals surface area contributed by atoms with Crippen LogP contribution in [0.25, 0.3) is 0 Å². The monoisotopic (exact) mass is 254 g/mol. The lowest BCUT2D eigenvalue weighted by Crippen LogP contribution is -2.50. The number of amides is 1. The Balaban J connectivity index is 2.19. The maximum absolute atomic E-state index is 12.2. The summed E-state index contributed by atoms with van der Waals surface area (Å²) < 4.78 is 0. The predicted octanol–water partition coefficient (Wildman–Crippen LogP) is 0.884. The van der Waals surface area contributed by atoms with Crippen LogP contribution in [0.5, 0.6) is 0 Å². The molecule has 0 aromatic carbocycles. The number of carbonyl (C=O) groups excluding carboxylic acids is 1. The van der Waals surface area contributed by atoms with Gasteiger partial charge < -0.3 is 15.8 Å². The average molecular weight is 254 g/mol. The Hall–Kier alpha value is -1.63. The molecule has 1 saturated heterocycles. The highest BCUT2D eigenvalue weighted by Gasteiger charge is 2.31. The first kappa shape index (κ1) is 11.8. The molecule has 1 atom stereocenters. The molecular formula is C10H14N4O2S. The number of hydrogen-bond acceptors (Lipinski definition) is 5. The van der Waals surface area contributed by atoms with Crippen molar-refractivity contribution in [1.82, 2.24) is 9.88 Å². The zero-order valence-corrected chi connectivity index (χ0v) is 10.1. The lowest BCUT2D eigenvalue weighted by Gasteiger charge is -2.34.